The van der Waals surface area contributed by atoms with Crippen molar-refractivity contribution in [3.8, 4) is 11.8 Å². The third kappa shape index (κ3) is 4.40. The van der Waals surface area contributed by atoms with Gasteiger partial charge < -0.3 is 9.15 Å². The van der Waals surface area contributed by atoms with Gasteiger partial charge in [-0.05, 0) is 18.2 Å². The van der Waals surface area contributed by atoms with Crippen LogP contribution in [-0.4, -0.2) is 23.7 Å². The van der Waals surface area contributed by atoms with Gasteiger partial charge in [0.2, 0.25) is 0 Å². The molecule has 9 heteroatoms. The number of amides is 1. The number of nitriles is 1. The third-order valence-electron chi connectivity index (χ3n) is 2.54. The molecule has 0 saturated heterocycles. The summed E-state index contributed by atoms with van der Waals surface area (Å²) >= 11 is 0. The van der Waals surface area contributed by atoms with Crippen LogP contribution in [0.3, 0.4) is 0 Å². The SMILES string of the molecule is N#Cc1ccccc1OCC(=O)N/N=C/c1ccc([N+](=O)[O-])o1. The standard InChI is InChI=1S/C14H10N4O5/c15-7-10-3-1-2-4-12(10)22-9-13(19)17-16-8-11-5-6-14(23-11)18(20)21/h1-6,8H,9H2,(H,17,19)/b16-8+. The highest BCUT2D eigenvalue weighted by atomic mass is 16.6. The molecule has 1 amide bonds. The molecular weight excluding hydrogens is 304 g/mol. The molecule has 0 aliphatic heterocycles. The number of nitrogens with zero attached hydrogens (tertiary/aromatic N) is 3. The number of benzene rings is 1. The fraction of sp³-hybridized carbons (Fsp3) is 0.0714. The zero-order valence-electron chi connectivity index (χ0n) is 11.6. The quantitative estimate of drug-likeness (QED) is 0.489. The molecule has 2 aromatic rings. The summed E-state index contributed by atoms with van der Waals surface area (Å²) in [5.41, 5.74) is 2.48. The third-order valence-corrected chi connectivity index (χ3v) is 2.54. The first-order chi connectivity index (χ1) is 11.1. The number of rotatable bonds is 6. The molecule has 0 bridgehead atoms. The molecular formula is C14H10N4O5. The minimum Gasteiger partial charge on any atom is -0.482 e. The molecule has 1 aromatic carbocycles. The predicted molar refractivity (Wildman–Crippen MR) is 77.8 cm³/mol. The van der Waals surface area contributed by atoms with Gasteiger partial charge in [-0.25, -0.2) is 5.43 Å². The number of ether oxygens (including phenoxy) is 1. The second kappa shape index (κ2) is 7.37. The zero-order valence-corrected chi connectivity index (χ0v) is 11.6. The van der Waals surface area contributed by atoms with Crippen LogP contribution < -0.4 is 10.2 Å². The monoisotopic (exact) mass is 314 g/mol. The van der Waals surface area contributed by atoms with Gasteiger partial charge >= 0.3 is 5.88 Å². The van der Waals surface area contributed by atoms with E-state index in [1.165, 1.54) is 12.1 Å². The first-order valence-electron chi connectivity index (χ1n) is 6.28. The lowest BCUT2D eigenvalue weighted by Crippen LogP contribution is -2.24. The molecule has 9 nitrogen and oxygen atoms in total. The Hall–Kier alpha value is -3.67. The average Bonchev–Trinajstić information content (AvgIpc) is 3.02. The van der Waals surface area contributed by atoms with Crippen LogP contribution in [0.2, 0.25) is 0 Å². The van der Waals surface area contributed by atoms with Crippen LogP contribution in [0.5, 0.6) is 5.75 Å². The fourth-order valence-corrected chi connectivity index (χ4v) is 1.54. The number of nitro groups is 1. The van der Waals surface area contributed by atoms with E-state index in [1.807, 2.05) is 6.07 Å². The van der Waals surface area contributed by atoms with Crippen molar-refractivity contribution < 1.29 is 18.9 Å². The molecule has 0 unspecified atom stereocenters. The number of hydrogen-bond donors (Lipinski definition) is 1. The summed E-state index contributed by atoms with van der Waals surface area (Å²) in [6.07, 6.45) is 1.12. The van der Waals surface area contributed by atoms with E-state index >= 15 is 0 Å². The number of para-hydroxylation sites is 1. The molecule has 0 atom stereocenters. The largest absolute Gasteiger partial charge is 0.482 e. The van der Waals surface area contributed by atoms with Gasteiger partial charge in [-0.1, -0.05) is 12.1 Å². The number of nitrogens with one attached hydrogen (secondary N) is 1. The Morgan fingerprint density at radius 1 is 1.43 bits per heavy atom. The van der Waals surface area contributed by atoms with Gasteiger partial charge in [0.05, 0.1) is 17.8 Å². The fourth-order valence-electron chi connectivity index (χ4n) is 1.54. The zero-order chi connectivity index (χ0) is 16.7. The average molecular weight is 314 g/mol. The minimum atomic E-state index is -0.684. The molecule has 0 spiro atoms. The summed E-state index contributed by atoms with van der Waals surface area (Å²) in [6, 6.07) is 10.9. The van der Waals surface area contributed by atoms with E-state index < -0.39 is 16.7 Å². The van der Waals surface area contributed by atoms with Crippen molar-refractivity contribution in [2.24, 2.45) is 5.10 Å². The summed E-state index contributed by atoms with van der Waals surface area (Å²) in [5.74, 6) is -0.576. The normalized spacial score (nSPS) is 10.2. The van der Waals surface area contributed by atoms with E-state index in [0.29, 0.717) is 5.56 Å². The van der Waals surface area contributed by atoms with Crippen LogP contribution in [0.4, 0.5) is 5.88 Å². The van der Waals surface area contributed by atoms with E-state index in [4.69, 9.17) is 14.4 Å². The van der Waals surface area contributed by atoms with Gasteiger partial charge in [0.25, 0.3) is 5.91 Å². The topological polar surface area (TPSA) is 131 Å². The van der Waals surface area contributed by atoms with E-state index in [1.54, 1.807) is 24.3 Å². The maximum Gasteiger partial charge on any atom is 0.433 e. The van der Waals surface area contributed by atoms with Crippen LogP contribution in [0.1, 0.15) is 11.3 Å². The molecule has 23 heavy (non-hydrogen) atoms. The van der Waals surface area contributed by atoms with Crippen LogP contribution in [0, 0.1) is 21.4 Å². The highest BCUT2D eigenvalue weighted by molar-refractivity contribution is 5.81. The number of hydrazone groups is 1. The highest BCUT2D eigenvalue weighted by Gasteiger charge is 2.10. The summed E-state index contributed by atoms with van der Waals surface area (Å²) < 4.78 is 10.0. The molecule has 0 aliphatic rings. The first-order valence-corrected chi connectivity index (χ1v) is 6.28. The predicted octanol–water partition coefficient (Wildman–Crippen LogP) is 1.59. The van der Waals surface area contributed by atoms with Crippen LogP contribution in [0.25, 0.3) is 0 Å². The summed E-state index contributed by atoms with van der Waals surface area (Å²) in [4.78, 5) is 21.3. The lowest BCUT2D eigenvalue weighted by molar-refractivity contribution is -0.402. The Kier molecular flexibility index (Phi) is 5.04. The molecule has 1 N–H and O–H groups in total. The maximum absolute atomic E-state index is 11.5. The lowest BCUT2D eigenvalue weighted by Gasteiger charge is -2.05. The van der Waals surface area contributed by atoms with Crippen molar-refractivity contribution in [2.45, 2.75) is 0 Å². The van der Waals surface area contributed by atoms with E-state index in [-0.39, 0.29) is 18.1 Å². The number of hydrogen-bond acceptors (Lipinski definition) is 7. The van der Waals surface area contributed by atoms with E-state index in [2.05, 4.69) is 10.5 Å². The smallest absolute Gasteiger partial charge is 0.433 e. The summed E-state index contributed by atoms with van der Waals surface area (Å²) in [5, 5.41) is 22.9. The first kappa shape index (κ1) is 15.7. The molecule has 0 saturated carbocycles. The molecule has 0 fully saturated rings. The van der Waals surface area contributed by atoms with Crippen LogP contribution in [-0.2, 0) is 4.79 Å². The maximum atomic E-state index is 11.5. The minimum absolute atomic E-state index is 0.118. The number of carbonyl (C=O) groups excluding carboxylic acids is 1. The van der Waals surface area contributed by atoms with Crippen molar-refractivity contribution in [1.29, 1.82) is 5.26 Å². The molecule has 0 radical (unpaired) electrons. The highest BCUT2D eigenvalue weighted by Crippen LogP contribution is 2.16. The second-order valence-electron chi connectivity index (χ2n) is 4.12. The molecule has 0 aliphatic carbocycles. The molecule has 116 valence electrons. The Labute approximate surface area is 129 Å². The molecule has 1 aromatic heterocycles. The van der Waals surface area contributed by atoms with Gasteiger partial charge in [-0.3, -0.25) is 14.9 Å². The van der Waals surface area contributed by atoms with Gasteiger partial charge in [0.15, 0.2) is 12.4 Å². The van der Waals surface area contributed by atoms with E-state index in [9.17, 15) is 14.9 Å². The number of carbonyl (C=O) groups is 1. The van der Waals surface area contributed by atoms with Crippen molar-refractivity contribution in [3.05, 3.63) is 57.8 Å². The summed E-state index contributed by atoms with van der Waals surface area (Å²) in [7, 11) is 0. The van der Waals surface area contributed by atoms with E-state index in [0.717, 1.165) is 6.21 Å². The van der Waals surface area contributed by atoms with Gasteiger partial charge in [0.1, 0.15) is 16.7 Å². The van der Waals surface area contributed by atoms with Crippen molar-refractivity contribution in [1.82, 2.24) is 5.43 Å². The summed E-state index contributed by atoms with van der Waals surface area (Å²) in [6.45, 7) is -0.339. The number of furan rings is 1. The Balaban J connectivity index is 1.84. The van der Waals surface area contributed by atoms with Crippen molar-refractivity contribution >= 4 is 18.0 Å². The Morgan fingerprint density at radius 2 is 2.22 bits per heavy atom. The Morgan fingerprint density at radius 3 is 2.91 bits per heavy atom. The van der Waals surface area contributed by atoms with Gasteiger partial charge in [-0.2, -0.15) is 10.4 Å². The van der Waals surface area contributed by atoms with Crippen molar-refractivity contribution in [3.63, 3.8) is 0 Å². The Bertz CT molecular complexity index is 790. The van der Waals surface area contributed by atoms with Crippen LogP contribution in [0.15, 0.2) is 45.9 Å². The molecule has 2 rings (SSSR count). The molecule has 1 heterocycles. The van der Waals surface area contributed by atoms with Gasteiger partial charge in [-0.15, -0.1) is 0 Å². The van der Waals surface area contributed by atoms with Crippen molar-refractivity contribution in [2.75, 3.05) is 6.61 Å². The van der Waals surface area contributed by atoms with Crippen LogP contribution >= 0.6 is 0 Å². The lowest BCUT2D eigenvalue weighted by atomic mass is 10.2. The van der Waals surface area contributed by atoms with Gasteiger partial charge in [0, 0.05) is 0 Å². The second-order valence-corrected chi connectivity index (χ2v) is 4.12.